The zero-order valence-electron chi connectivity index (χ0n) is 11.0. The summed E-state index contributed by atoms with van der Waals surface area (Å²) >= 11 is 0. The van der Waals surface area contributed by atoms with Crippen LogP contribution < -0.4 is 5.32 Å². The molecule has 1 aliphatic rings. The van der Waals surface area contributed by atoms with E-state index in [1.54, 1.807) is 7.11 Å². The van der Waals surface area contributed by atoms with Crippen molar-refractivity contribution in [1.82, 2.24) is 5.32 Å². The van der Waals surface area contributed by atoms with Crippen molar-refractivity contribution < 1.29 is 9.53 Å². The van der Waals surface area contributed by atoms with Crippen molar-refractivity contribution in [2.75, 3.05) is 7.11 Å². The van der Waals surface area contributed by atoms with Crippen LogP contribution in [0, 0.1) is 5.41 Å². The third kappa shape index (κ3) is 3.78. The molecule has 0 aromatic carbocycles. The van der Waals surface area contributed by atoms with Gasteiger partial charge in [0.25, 0.3) is 0 Å². The Hall–Kier alpha value is -0.570. The number of hydrogen-bond donors (Lipinski definition) is 1. The third-order valence-corrected chi connectivity index (χ3v) is 3.25. The molecule has 2 atom stereocenters. The Labute approximate surface area is 98.9 Å². The minimum absolute atomic E-state index is 0.126. The molecular formula is C13H25NO2. The summed E-state index contributed by atoms with van der Waals surface area (Å²) in [6, 6.07) is 0.194. The molecule has 1 N–H and O–H groups in total. The van der Waals surface area contributed by atoms with Crippen LogP contribution in [0.3, 0.4) is 0 Å². The highest BCUT2D eigenvalue weighted by atomic mass is 16.5. The maximum atomic E-state index is 11.9. The lowest BCUT2D eigenvalue weighted by molar-refractivity contribution is -0.130. The molecule has 0 bridgehead atoms. The summed E-state index contributed by atoms with van der Waals surface area (Å²) in [5.41, 5.74) is -0.315. The van der Waals surface area contributed by atoms with Crippen LogP contribution in [0.5, 0.6) is 0 Å². The first-order valence-corrected chi connectivity index (χ1v) is 6.29. The van der Waals surface area contributed by atoms with Gasteiger partial charge in [0.2, 0.25) is 5.91 Å². The number of methoxy groups -OCH3 is 1. The van der Waals surface area contributed by atoms with Crippen molar-refractivity contribution in [1.29, 1.82) is 0 Å². The second kappa shape index (κ2) is 5.67. The predicted octanol–water partition coefficient (Wildman–Crippen LogP) is 2.50. The zero-order chi connectivity index (χ0) is 12.2. The van der Waals surface area contributed by atoms with Crippen molar-refractivity contribution in [2.24, 2.45) is 5.41 Å². The van der Waals surface area contributed by atoms with Gasteiger partial charge in [-0.3, -0.25) is 4.79 Å². The highest BCUT2D eigenvalue weighted by molar-refractivity contribution is 5.81. The second-order valence-corrected chi connectivity index (χ2v) is 5.74. The molecule has 3 nitrogen and oxygen atoms in total. The zero-order valence-corrected chi connectivity index (χ0v) is 11.0. The first-order valence-electron chi connectivity index (χ1n) is 6.29. The molecular weight excluding hydrogens is 202 g/mol. The summed E-state index contributed by atoms with van der Waals surface area (Å²) < 4.78 is 5.48. The number of nitrogens with one attached hydrogen (secondary N) is 1. The maximum Gasteiger partial charge on any atom is 0.225 e. The molecule has 16 heavy (non-hydrogen) atoms. The average molecular weight is 227 g/mol. The minimum atomic E-state index is -0.315. The normalized spacial score (nSPS) is 27.2. The number of carbonyl (C=O) groups is 1. The van der Waals surface area contributed by atoms with Crippen molar-refractivity contribution in [2.45, 2.75) is 65.0 Å². The summed E-state index contributed by atoms with van der Waals surface area (Å²) in [6.45, 7) is 5.84. The summed E-state index contributed by atoms with van der Waals surface area (Å²) in [5.74, 6) is 0.126. The average Bonchev–Trinajstić information content (AvgIpc) is 2.41. The minimum Gasteiger partial charge on any atom is -0.379 e. The largest absolute Gasteiger partial charge is 0.379 e. The molecule has 1 rings (SSSR count). The van der Waals surface area contributed by atoms with E-state index in [9.17, 15) is 4.79 Å². The van der Waals surface area contributed by atoms with Gasteiger partial charge in [-0.1, -0.05) is 40.0 Å². The molecule has 0 aromatic rings. The van der Waals surface area contributed by atoms with Crippen LogP contribution in [0.4, 0.5) is 0 Å². The van der Waals surface area contributed by atoms with Gasteiger partial charge in [0.1, 0.15) is 0 Å². The highest BCUT2D eigenvalue weighted by Gasteiger charge is 2.29. The number of hydrogen-bond acceptors (Lipinski definition) is 2. The lowest BCUT2D eigenvalue weighted by atomic mass is 9.94. The van der Waals surface area contributed by atoms with Crippen molar-refractivity contribution in [3.8, 4) is 0 Å². The van der Waals surface area contributed by atoms with Crippen molar-refractivity contribution in [3.63, 3.8) is 0 Å². The molecule has 1 saturated carbocycles. The second-order valence-electron chi connectivity index (χ2n) is 5.74. The Morgan fingerprint density at radius 1 is 1.19 bits per heavy atom. The molecule has 0 heterocycles. The lowest BCUT2D eigenvalue weighted by Crippen LogP contribution is -2.47. The SMILES string of the molecule is COC1CCCCCC1NC(=O)C(C)(C)C. The van der Waals surface area contributed by atoms with Gasteiger partial charge < -0.3 is 10.1 Å². The molecule has 0 aliphatic heterocycles. The van der Waals surface area contributed by atoms with Gasteiger partial charge in [0.05, 0.1) is 12.1 Å². The van der Waals surface area contributed by atoms with E-state index in [0.29, 0.717) is 0 Å². The van der Waals surface area contributed by atoms with Gasteiger partial charge in [-0.25, -0.2) is 0 Å². The van der Waals surface area contributed by atoms with Crippen molar-refractivity contribution in [3.05, 3.63) is 0 Å². The molecule has 3 heteroatoms. The number of rotatable bonds is 2. The summed E-state index contributed by atoms with van der Waals surface area (Å²) in [4.78, 5) is 11.9. The fraction of sp³-hybridized carbons (Fsp3) is 0.923. The Morgan fingerprint density at radius 3 is 2.38 bits per heavy atom. The Kier molecular flexibility index (Phi) is 4.78. The van der Waals surface area contributed by atoms with Crippen LogP contribution in [-0.2, 0) is 9.53 Å². The van der Waals surface area contributed by atoms with E-state index >= 15 is 0 Å². The number of amides is 1. The van der Waals surface area contributed by atoms with E-state index < -0.39 is 0 Å². The predicted molar refractivity (Wildman–Crippen MR) is 65.3 cm³/mol. The van der Waals surface area contributed by atoms with Crippen molar-refractivity contribution >= 4 is 5.91 Å². The first-order chi connectivity index (χ1) is 7.45. The highest BCUT2D eigenvalue weighted by Crippen LogP contribution is 2.22. The van der Waals surface area contributed by atoms with E-state index in [1.165, 1.54) is 19.3 Å². The number of carbonyl (C=O) groups excluding carboxylic acids is 1. The summed E-state index contributed by atoms with van der Waals surface area (Å²) in [6.07, 6.45) is 5.94. The molecule has 1 amide bonds. The van der Waals surface area contributed by atoms with E-state index in [0.717, 1.165) is 12.8 Å². The van der Waals surface area contributed by atoms with Crippen LogP contribution in [0.25, 0.3) is 0 Å². The smallest absolute Gasteiger partial charge is 0.225 e. The van der Waals surface area contributed by atoms with E-state index in [1.807, 2.05) is 20.8 Å². The van der Waals surface area contributed by atoms with Crippen LogP contribution in [0.1, 0.15) is 52.9 Å². The molecule has 1 fully saturated rings. The monoisotopic (exact) mass is 227 g/mol. The van der Waals surface area contributed by atoms with Gasteiger partial charge >= 0.3 is 0 Å². The Balaban J connectivity index is 2.58. The van der Waals surface area contributed by atoms with Crippen LogP contribution in [0.2, 0.25) is 0 Å². The quantitative estimate of drug-likeness (QED) is 0.736. The van der Waals surface area contributed by atoms with Gasteiger partial charge in [-0.15, -0.1) is 0 Å². The molecule has 2 unspecified atom stereocenters. The van der Waals surface area contributed by atoms with Gasteiger partial charge in [-0.2, -0.15) is 0 Å². The number of ether oxygens (including phenoxy) is 1. The molecule has 94 valence electrons. The molecule has 1 aliphatic carbocycles. The first kappa shape index (κ1) is 13.5. The lowest BCUT2D eigenvalue weighted by Gasteiger charge is -2.28. The molecule has 0 spiro atoms. The van der Waals surface area contributed by atoms with E-state index in [4.69, 9.17) is 4.74 Å². The third-order valence-electron chi connectivity index (χ3n) is 3.25. The Bertz CT molecular complexity index is 233. The topological polar surface area (TPSA) is 38.3 Å². The van der Waals surface area contributed by atoms with Gasteiger partial charge in [0, 0.05) is 12.5 Å². The van der Waals surface area contributed by atoms with E-state index in [-0.39, 0.29) is 23.5 Å². The van der Waals surface area contributed by atoms with Crippen LogP contribution in [0.15, 0.2) is 0 Å². The summed E-state index contributed by atoms with van der Waals surface area (Å²) in [7, 11) is 1.74. The van der Waals surface area contributed by atoms with Crippen LogP contribution >= 0.6 is 0 Å². The summed E-state index contributed by atoms with van der Waals surface area (Å²) in [5, 5.41) is 3.14. The van der Waals surface area contributed by atoms with E-state index in [2.05, 4.69) is 5.32 Å². The van der Waals surface area contributed by atoms with Gasteiger partial charge in [-0.05, 0) is 12.8 Å². The Morgan fingerprint density at radius 2 is 1.81 bits per heavy atom. The molecule has 0 aromatic heterocycles. The fourth-order valence-corrected chi connectivity index (χ4v) is 2.11. The fourth-order valence-electron chi connectivity index (χ4n) is 2.11. The van der Waals surface area contributed by atoms with Gasteiger partial charge in [0.15, 0.2) is 0 Å². The standard InChI is InChI=1S/C13H25NO2/c1-13(2,3)12(15)14-10-8-6-5-7-9-11(10)16-4/h10-11H,5-9H2,1-4H3,(H,14,15). The maximum absolute atomic E-state index is 11.9. The molecule has 0 radical (unpaired) electrons. The molecule has 0 saturated heterocycles. The van der Waals surface area contributed by atoms with Crippen LogP contribution in [-0.4, -0.2) is 25.2 Å².